The van der Waals surface area contributed by atoms with Gasteiger partial charge in [-0.1, -0.05) is 11.6 Å². The zero-order valence-electron chi connectivity index (χ0n) is 15.0. The Morgan fingerprint density at radius 3 is 2.74 bits per heavy atom. The van der Waals surface area contributed by atoms with Gasteiger partial charge in [0.1, 0.15) is 17.4 Å². The van der Waals surface area contributed by atoms with Gasteiger partial charge in [-0.3, -0.25) is 5.32 Å². The highest BCUT2D eigenvalue weighted by Gasteiger charge is 2.20. The molecule has 0 spiro atoms. The maximum Gasteiger partial charge on any atom is 0.320 e. The maximum atomic E-state index is 13.7. The summed E-state index contributed by atoms with van der Waals surface area (Å²) in [6.07, 6.45) is 5.11. The normalized spacial score (nSPS) is 19.4. The van der Waals surface area contributed by atoms with Crippen LogP contribution in [0.15, 0.2) is 30.5 Å². The second-order valence-electron chi connectivity index (χ2n) is 6.61. The molecule has 1 aliphatic carbocycles. The van der Waals surface area contributed by atoms with Crippen molar-refractivity contribution in [1.82, 2.24) is 10.3 Å². The Labute approximate surface area is 162 Å². The third kappa shape index (κ3) is 4.87. The predicted octanol–water partition coefficient (Wildman–Crippen LogP) is 3.94. The van der Waals surface area contributed by atoms with Crippen molar-refractivity contribution in [1.29, 1.82) is 0 Å². The molecular weight excluding hydrogens is 371 g/mol. The molecule has 1 aliphatic rings. The molecular formula is C19H22ClFN4O2. The van der Waals surface area contributed by atoms with Crippen molar-refractivity contribution in [2.45, 2.75) is 37.8 Å². The minimum atomic E-state index is -0.559. The van der Waals surface area contributed by atoms with Crippen LogP contribution in [-0.2, 0) is 0 Å². The third-order valence-electron chi connectivity index (χ3n) is 4.66. The van der Waals surface area contributed by atoms with Crippen LogP contribution in [0.25, 0.3) is 11.1 Å². The molecule has 1 heterocycles. The van der Waals surface area contributed by atoms with Crippen molar-refractivity contribution < 1.29 is 13.9 Å². The lowest BCUT2D eigenvalue weighted by Crippen LogP contribution is -2.42. The predicted molar refractivity (Wildman–Crippen MR) is 104 cm³/mol. The number of carbonyl (C=O) groups excluding carboxylic acids is 1. The number of ether oxygens (including phenoxy) is 1. The number of urea groups is 1. The van der Waals surface area contributed by atoms with E-state index in [0.29, 0.717) is 22.7 Å². The summed E-state index contributed by atoms with van der Waals surface area (Å²) in [4.78, 5) is 16.4. The van der Waals surface area contributed by atoms with Crippen LogP contribution in [0, 0.1) is 5.82 Å². The number of amides is 2. The molecule has 3 rings (SSSR count). The number of halogens is 2. The Balaban J connectivity index is 1.72. The topological polar surface area (TPSA) is 89.3 Å². The number of nitrogens with one attached hydrogen (secondary N) is 2. The van der Waals surface area contributed by atoms with E-state index >= 15 is 0 Å². The maximum absolute atomic E-state index is 13.7. The number of benzene rings is 1. The Bertz CT molecular complexity index is 825. The fraction of sp³-hybridized carbons (Fsp3) is 0.368. The van der Waals surface area contributed by atoms with Crippen LogP contribution in [0.3, 0.4) is 0 Å². The molecule has 0 atom stereocenters. The minimum absolute atomic E-state index is 0.00892. The van der Waals surface area contributed by atoms with E-state index in [9.17, 15) is 9.18 Å². The number of pyridine rings is 1. The lowest BCUT2D eigenvalue weighted by Gasteiger charge is -2.26. The lowest BCUT2D eigenvalue weighted by molar-refractivity contribution is 0.242. The Morgan fingerprint density at radius 2 is 2.04 bits per heavy atom. The van der Waals surface area contributed by atoms with Crippen molar-refractivity contribution >= 4 is 23.4 Å². The average Bonchev–Trinajstić information content (AvgIpc) is 2.65. The molecule has 0 radical (unpaired) electrons. The lowest BCUT2D eigenvalue weighted by atomic mass is 9.92. The monoisotopic (exact) mass is 392 g/mol. The Morgan fingerprint density at radius 1 is 1.30 bits per heavy atom. The van der Waals surface area contributed by atoms with Crippen molar-refractivity contribution in [3.8, 4) is 16.9 Å². The summed E-state index contributed by atoms with van der Waals surface area (Å²) < 4.78 is 18.9. The summed E-state index contributed by atoms with van der Waals surface area (Å²) in [5.74, 6) is 0.160. The number of anilines is 1. The molecule has 1 saturated carbocycles. The van der Waals surface area contributed by atoms with Crippen molar-refractivity contribution in [3.05, 3.63) is 41.3 Å². The fourth-order valence-electron chi connectivity index (χ4n) is 3.19. The first-order valence-corrected chi connectivity index (χ1v) is 9.16. The molecule has 1 aromatic heterocycles. The van der Waals surface area contributed by atoms with E-state index in [1.54, 1.807) is 18.3 Å². The highest BCUT2D eigenvalue weighted by molar-refractivity contribution is 6.31. The summed E-state index contributed by atoms with van der Waals surface area (Å²) in [5.41, 5.74) is 7.19. The van der Waals surface area contributed by atoms with Crippen molar-refractivity contribution in [3.63, 3.8) is 0 Å². The average molecular weight is 393 g/mol. The first-order chi connectivity index (χ1) is 13.0. The van der Waals surface area contributed by atoms with E-state index in [1.807, 2.05) is 0 Å². The summed E-state index contributed by atoms with van der Waals surface area (Å²) >= 11 is 5.90. The van der Waals surface area contributed by atoms with E-state index in [0.717, 1.165) is 25.7 Å². The highest BCUT2D eigenvalue weighted by Crippen LogP contribution is 2.34. The van der Waals surface area contributed by atoms with Crippen LogP contribution in [0.1, 0.15) is 25.7 Å². The van der Waals surface area contributed by atoms with Crippen LogP contribution in [0.4, 0.5) is 15.0 Å². The Kier molecular flexibility index (Phi) is 6.13. The first kappa shape index (κ1) is 19.4. The van der Waals surface area contributed by atoms with Gasteiger partial charge in [0.2, 0.25) is 0 Å². The summed E-state index contributed by atoms with van der Waals surface area (Å²) in [6.45, 7) is 0. The van der Waals surface area contributed by atoms with E-state index in [1.165, 1.54) is 19.2 Å². The van der Waals surface area contributed by atoms with Gasteiger partial charge in [-0.05, 0) is 49.4 Å². The van der Waals surface area contributed by atoms with Crippen molar-refractivity contribution in [2.24, 2.45) is 5.73 Å². The number of hydrogen-bond acceptors (Lipinski definition) is 4. The van der Waals surface area contributed by atoms with Gasteiger partial charge in [-0.2, -0.15) is 0 Å². The molecule has 0 aliphatic heterocycles. The van der Waals surface area contributed by atoms with Crippen LogP contribution in [0.2, 0.25) is 5.02 Å². The van der Waals surface area contributed by atoms with Gasteiger partial charge in [0.15, 0.2) is 0 Å². The summed E-state index contributed by atoms with van der Waals surface area (Å²) in [5, 5.41) is 5.67. The van der Waals surface area contributed by atoms with Gasteiger partial charge in [0.25, 0.3) is 0 Å². The SMILES string of the molecule is COc1cc(F)c(Cl)cc1-c1ccnc(NC(=O)NC2CCC(N)CC2)c1. The van der Waals surface area contributed by atoms with Crippen LogP contribution >= 0.6 is 11.6 Å². The number of nitrogens with two attached hydrogens (primary N) is 1. The largest absolute Gasteiger partial charge is 0.496 e. The van der Waals surface area contributed by atoms with E-state index in [2.05, 4.69) is 15.6 Å². The number of rotatable bonds is 4. The fourth-order valence-corrected chi connectivity index (χ4v) is 3.35. The van der Waals surface area contributed by atoms with Gasteiger partial charge in [0.05, 0.1) is 12.1 Å². The number of carbonyl (C=O) groups is 1. The number of nitrogens with zero attached hydrogens (tertiary/aromatic N) is 1. The summed E-state index contributed by atoms with van der Waals surface area (Å²) in [7, 11) is 1.45. The first-order valence-electron chi connectivity index (χ1n) is 8.79. The molecule has 0 unspecified atom stereocenters. The van der Waals surface area contributed by atoms with Crippen LogP contribution in [0.5, 0.6) is 5.75 Å². The summed E-state index contributed by atoms with van der Waals surface area (Å²) in [6, 6.07) is 6.15. The molecule has 8 heteroatoms. The number of aromatic nitrogens is 1. The molecule has 0 bridgehead atoms. The molecule has 2 amide bonds. The van der Waals surface area contributed by atoms with Crippen LogP contribution in [-0.4, -0.2) is 30.2 Å². The molecule has 144 valence electrons. The second kappa shape index (κ2) is 8.54. The smallest absolute Gasteiger partial charge is 0.320 e. The minimum Gasteiger partial charge on any atom is -0.496 e. The van der Waals surface area contributed by atoms with Gasteiger partial charge in [-0.25, -0.2) is 14.2 Å². The quantitative estimate of drug-likeness (QED) is 0.735. The molecule has 1 aromatic carbocycles. The standard InChI is InChI=1S/C19H22ClFN4O2/c1-27-17-10-16(21)15(20)9-14(17)11-6-7-23-18(8-11)25-19(26)24-13-4-2-12(22)3-5-13/h6-10,12-13H,2-5,22H2,1H3,(H2,23,24,25,26). The second-order valence-corrected chi connectivity index (χ2v) is 7.01. The zero-order valence-corrected chi connectivity index (χ0v) is 15.7. The van der Waals surface area contributed by atoms with Crippen molar-refractivity contribution in [2.75, 3.05) is 12.4 Å². The molecule has 2 aromatic rings. The van der Waals surface area contributed by atoms with E-state index in [4.69, 9.17) is 22.1 Å². The number of hydrogen-bond donors (Lipinski definition) is 3. The molecule has 0 saturated heterocycles. The van der Waals surface area contributed by atoms with Gasteiger partial charge >= 0.3 is 6.03 Å². The zero-order chi connectivity index (χ0) is 19.4. The van der Waals surface area contributed by atoms with Crippen LogP contribution < -0.4 is 21.1 Å². The molecule has 1 fully saturated rings. The molecule has 4 N–H and O–H groups in total. The number of methoxy groups -OCH3 is 1. The van der Waals surface area contributed by atoms with E-state index < -0.39 is 5.82 Å². The molecule has 6 nitrogen and oxygen atoms in total. The Hall–Kier alpha value is -2.38. The van der Waals surface area contributed by atoms with Gasteiger partial charge in [0, 0.05) is 29.9 Å². The van der Waals surface area contributed by atoms with Gasteiger partial charge in [-0.15, -0.1) is 0 Å². The highest BCUT2D eigenvalue weighted by atomic mass is 35.5. The van der Waals surface area contributed by atoms with E-state index in [-0.39, 0.29) is 23.1 Å². The third-order valence-corrected chi connectivity index (χ3v) is 4.95. The molecule has 27 heavy (non-hydrogen) atoms. The van der Waals surface area contributed by atoms with Gasteiger partial charge < -0.3 is 15.8 Å².